The molecule has 1 heterocycles. The molecule has 0 atom stereocenters. The number of aromatic amines is 1. The highest BCUT2D eigenvalue weighted by Crippen LogP contribution is 2.12. The lowest BCUT2D eigenvalue weighted by atomic mass is 10.2. The van der Waals surface area contributed by atoms with Gasteiger partial charge in [0.2, 0.25) is 0 Å². The summed E-state index contributed by atoms with van der Waals surface area (Å²) in [6, 6.07) is 0. The van der Waals surface area contributed by atoms with Crippen molar-refractivity contribution in [3.63, 3.8) is 0 Å². The molecule has 1 rings (SSSR count). The predicted molar refractivity (Wildman–Crippen MR) is 82.2 cm³/mol. The van der Waals surface area contributed by atoms with Crippen molar-refractivity contribution in [2.45, 2.75) is 55.4 Å². The van der Waals surface area contributed by atoms with Crippen molar-refractivity contribution >= 4 is 12.2 Å². The summed E-state index contributed by atoms with van der Waals surface area (Å²) < 4.78 is 0. The molecule has 0 fully saturated rings. The van der Waals surface area contributed by atoms with Gasteiger partial charge in [-0.25, -0.2) is 0 Å². The molecule has 0 aromatic carbocycles. The third-order valence-corrected chi connectivity index (χ3v) is 1.55. The van der Waals surface area contributed by atoms with E-state index in [4.69, 9.17) is 0 Å². The lowest BCUT2D eigenvalue weighted by molar-refractivity contribution is 1.04. The van der Waals surface area contributed by atoms with E-state index in [1.807, 2.05) is 73.6 Å². The predicted octanol–water partition coefficient (Wildman–Crippen LogP) is 5.47. The van der Waals surface area contributed by atoms with Gasteiger partial charge < -0.3 is 0 Å². The molecule has 100 valence electrons. The van der Waals surface area contributed by atoms with Crippen LogP contribution in [-0.2, 0) is 0 Å². The van der Waals surface area contributed by atoms with E-state index in [0.717, 1.165) is 17.0 Å². The quantitative estimate of drug-likeness (QED) is 0.727. The SMILES string of the molecule is C=Cc1c(/C=C\C)n[nH]c1C.CC.CC.CC. The average molecular weight is 238 g/mol. The highest BCUT2D eigenvalue weighted by molar-refractivity contribution is 5.62. The van der Waals surface area contributed by atoms with Crippen molar-refractivity contribution in [2.75, 3.05) is 0 Å². The highest BCUT2D eigenvalue weighted by Gasteiger charge is 2.01. The Morgan fingerprint density at radius 3 is 1.88 bits per heavy atom. The van der Waals surface area contributed by atoms with Crippen molar-refractivity contribution < 1.29 is 0 Å². The first-order valence-electron chi connectivity index (χ1n) is 6.59. The first-order chi connectivity index (χ1) is 8.29. The van der Waals surface area contributed by atoms with Gasteiger partial charge in [-0.2, -0.15) is 5.10 Å². The third-order valence-electron chi connectivity index (χ3n) is 1.55. The van der Waals surface area contributed by atoms with Crippen LogP contribution in [0.25, 0.3) is 12.2 Å². The van der Waals surface area contributed by atoms with Crippen LogP contribution in [0.15, 0.2) is 12.7 Å². The monoisotopic (exact) mass is 238 g/mol. The van der Waals surface area contributed by atoms with Crippen molar-refractivity contribution in [1.29, 1.82) is 0 Å². The Kier molecular flexibility index (Phi) is 21.1. The molecular formula is C15H30N2. The standard InChI is InChI=1S/C9H12N2.3C2H6/c1-4-6-9-8(5-2)7(3)10-11-9;3*1-2/h4-6H,2H2,1,3H3,(H,10,11);3*1-2H3/b6-4-;;;. The Balaban J connectivity index is -0.000000285. The zero-order chi connectivity index (χ0) is 14.3. The molecule has 1 aromatic heterocycles. The average Bonchev–Trinajstić information content (AvgIpc) is 2.77. The number of hydrogen-bond donors (Lipinski definition) is 1. The maximum absolute atomic E-state index is 4.09. The van der Waals surface area contributed by atoms with Crippen LogP contribution in [-0.4, -0.2) is 10.2 Å². The minimum atomic E-state index is 0.958. The van der Waals surface area contributed by atoms with Crippen LogP contribution in [0.2, 0.25) is 0 Å². The van der Waals surface area contributed by atoms with E-state index in [0.29, 0.717) is 0 Å². The maximum Gasteiger partial charge on any atom is 0.0920 e. The summed E-state index contributed by atoms with van der Waals surface area (Å²) in [5.41, 5.74) is 3.11. The number of allylic oxidation sites excluding steroid dienone is 1. The molecule has 0 saturated carbocycles. The van der Waals surface area contributed by atoms with Crippen LogP contribution in [0, 0.1) is 6.92 Å². The minimum Gasteiger partial charge on any atom is -0.282 e. The van der Waals surface area contributed by atoms with Gasteiger partial charge in [0.05, 0.1) is 5.69 Å². The molecule has 1 aromatic rings. The van der Waals surface area contributed by atoms with Crippen LogP contribution in [0.5, 0.6) is 0 Å². The molecule has 2 nitrogen and oxygen atoms in total. The van der Waals surface area contributed by atoms with E-state index >= 15 is 0 Å². The fourth-order valence-electron chi connectivity index (χ4n) is 0.999. The fourth-order valence-corrected chi connectivity index (χ4v) is 0.999. The second kappa shape index (κ2) is 17.1. The van der Waals surface area contributed by atoms with Crippen LogP contribution in [0.4, 0.5) is 0 Å². The van der Waals surface area contributed by atoms with Crippen molar-refractivity contribution in [3.05, 3.63) is 29.6 Å². The summed E-state index contributed by atoms with van der Waals surface area (Å²) in [6.07, 6.45) is 5.73. The molecule has 0 aliphatic carbocycles. The Hall–Kier alpha value is -1.31. The summed E-state index contributed by atoms with van der Waals surface area (Å²) in [5.74, 6) is 0. The smallest absolute Gasteiger partial charge is 0.0920 e. The minimum absolute atomic E-state index is 0.958. The molecular weight excluding hydrogens is 208 g/mol. The number of rotatable bonds is 2. The Morgan fingerprint density at radius 1 is 1.06 bits per heavy atom. The molecule has 17 heavy (non-hydrogen) atoms. The summed E-state index contributed by atoms with van der Waals surface area (Å²) in [6.45, 7) is 19.7. The molecule has 0 spiro atoms. The van der Waals surface area contributed by atoms with Gasteiger partial charge in [-0.05, 0) is 19.9 Å². The molecule has 2 heteroatoms. The van der Waals surface area contributed by atoms with Gasteiger partial charge in [0.1, 0.15) is 0 Å². The number of hydrogen-bond acceptors (Lipinski definition) is 1. The second-order valence-corrected chi connectivity index (χ2v) is 2.35. The Bertz CT molecular complexity index is 283. The molecule has 1 N–H and O–H groups in total. The van der Waals surface area contributed by atoms with Crippen LogP contribution in [0.1, 0.15) is 65.4 Å². The van der Waals surface area contributed by atoms with E-state index in [1.54, 1.807) is 0 Å². The van der Waals surface area contributed by atoms with Gasteiger partial charge in [-0.1, -0.05) is 60.3 Å². The van der Waals surface area contributed by atoms with Gasteiger partial charge in [-0.15, -0.1) is 0 Å². The molecule has 0 aliphatic heterocycles. The van der Waals surface area contributed by atoms with E-state index in [1.165, 1.54) is 0 Å². The van der Waals surface area contributed by atoms with Crippen LogP contribution >= 0.6 is 0 Å². The fraction of sp³-hybridized carbons (Fsp3) is 0.533. The molecule has 0 radical (unpaired) electrons. The molecule has 0 saturated heterocycles. The van der Waals surface area contributed by atoms with E-state index < -0.39 is 0 Å². The van der Waals surface area contributed by atoms with Crippen molar-refractivity contribution in [3.8, 4) is 0 Å². The maximum atomic E-state index is 4.09. The van der Waals surface area contributed by atoms with Gasteiger partial charge >= 0.3 is 0 Å². The topological polar surface area (TPSA) is 28.7 Å². The van der Waals surface area contributed by atoms with Crippen LogP contribution < -0.4 is 0 Å². The van der Waals surface area contributed by atoms with Gasteiger partial charge in [0.25, 0.3) is 0 Å². The second-order valence-electron chi connectivity index (χ2n) is 2.35. The zero-order valence-electron chi connectivity index (χ0n) is 12.9. The van der Waals surface area contributed by atoms with Crippen molar-refractivity contribution in [2.24, 2.45) is 0 Å². The summed E-state index contributed by atoms with van der Waals surface area (Å²) in [7, 11) is 0. The van der Waals surface area contributed by atoms with Gasteiger partial charge in [0.15, 0.2) is 0 Å². The number of nitrogens with zero attached hydrogens (tertiary/aromatic N) is 1. The number of H-pyrrole nitrogens is 1. The number of nitrogens with one attached hydrogen (secondary N) is 1. The molecule has 0 unspecified atom stereocenters. The summed E-state index contributed by atoms with van der Waals surface area (Å²) >= 11 is 0. The molecule has 0 bridgehead atoms. The van der Waals surface area contributed by atoms with E-state index in [2.05, 4.69) is 16.8 Å². The third kappa shape index (κ3) is 8.49. The molecule has 0 amide bonds. The first-order valence-corrected chi connectivity index (χ1v) is 6.59. The van der Waals surface area contributed by atoms with E-state index in [9.17, 15) is 0 Å². The lowest BCUT2D eigenvalue weighted by Crippen LogP contribution is -1.75. The first kappa shape index (κ1) is 21.0. The van der Waals surface area contributed by atoms with E-state index in [-0.39, 0.29) is 0 Å². The summed E-state index contributed by atoms with van der Waals surface area (Å²) in [4.78, 5) is 0. The van der Waals surface area contributed by atoms with Crippen LogP contribution in [0.3, 0.4) is 0 Å². The number of aromatic nitrogens is 2. The summed E-state index contributed by atoms with van der Waals surface area (Å²) in [5, 5.41) is 6.99. The highest BCUT2D eigenvalue weighted by atomic mass is 15.1. The van der Waals surface area contributed by atoms with Crippen molar-refractivity contribution in [1.82, 2.24) is 10.2 Å². The lowest BCUT2D eigenvalue weighted by Gasteiger charge is -1.88. The Morgan fingerprint density at radius 2 is 1.53 bits per heavy atom. The normalized spacial score (nSPS) is 8.00. The van der Waals surface area contributed by atoms with Gasteiger partial charge in [0, 0.05) is 11.3 Å². The Labute approximate surface area is 108 Å². The molecule has 0 aliphatic rings. The zero-order valence-corrected chi connectivity index (χ0v) is 12.9. The van der Waals surface area contributed by atoms with Gasteiger partial charge in [-0.3, -0.25) is 5.10 Å². The number of aryl methyl sites for hydroxylation is 1. The largest absolute Gasteiger partial charge is 0.282 e.